The molecule has 1 amide bonds. The third-order valence-corrected chi connectivity index (χ3v) is 6.14. The van der Waals surface area contributed by atoms with Crippen molar-refractivity contribution in [3.05, 3.63) is 75.8 Å². The van der Waals surface area contributed by atoms with Gasteiger partial charge < -0.3 is 14.4 Å². The van der Waals surface area contributed by atoms with Gasteiger partial charge in [0.2, 0.25) is 0 Å². The monoisotopic (exact) mass is 420 g/mol. The van der Waals surface area contributed by atoms with E-state index in [1.54, 1.807) is 30.3 Å². The summed E-state index contributed by atoms with van der Waals surface area (Å²) >= 11 is 0. The van der Waals surface area contributed by atoms with Crippen molar-refractivity contribution in [1.82, 2.24) is 5.32 Å². The van der Waals surface area contributed by atoms with Crippen LogP contribution in [0.25, 0.3) is 0 Å². The van der Waals surface area contributed by atoms with E-state index in [0.29, 0.717) is 18.4 Å². The first-order chi connectivity index (χ1) is 13.9. The average molecular weight is 420 g/mol. The quantitative estimate of drug-likeness (QED) is 0.309. The second-order valence-corrected chi connectivity index (χ2v) is 8.38. The van der Waals surface area contributed by atoms with Crippen molar-refractivity contribution in [3.8, 4) is 0 Å². The molecule has 0 radical (unpaired) electrons. The highest BCUT2D eigenvalue weighted by Crippen LogP contribution is 2.60. The van der Waals surface area contributed by atoms with Crippen molar-refractivity contribution in [2.45, 2.75) is 32.5 Å². The van der Waals surface area contributed by atoms with Crippen molar-refractivity contribution in [2.24, 2.45) is 0 Å². The molecule has 2 rings (SSSR count). The molecule has 0 bridgehead atoms. The number of benzene rings is 2. The molecule has 1 N–H and O–H groups in total. The Labute approximate surface area is 169 Å². The third-order valence-electron chi connectivity index (χ3n) is 4.00. The Morgan fingerprint density at radius 3 is 2.14 bits per heavy atom. The normalized spacial score (nSPS) is 12.3. The molecule has 9 heteroatoms. The van der Waals surface area contributed by atoms with Gasteiger partial charge in [-0.05, 0) is 24.5 Å². The van der Waals surface area contributed by atoms with Crippen LogP contribution in [0.5, 0.6) is 0 Å². The topological polar surface area (TPSA) is 108 Å². The van der Waals surface area contributed by atoms with Crippen molar-refractivity contribution in [1.29, 1.82) is 0 Å². The van der Waals surface area contributed by atoms with E-state index in [9.17, 15) is 19.5 Å². The fourth-order valence-corrected chi connectivity index (χ4v) is 4.69. The number of hydrogen-bond donors (Lipinski definition) is 1. The maximum atomic E-state index is 13.6. The van der Waals surface area contributed by atoms with E-state index in [-0.39, 0.29) is 24.5 Å². The van der Waals surface area contributed by atoms with Crippen molar-refractivity contribution < 1.29 is 23.3 Å². The highest BCUT2D eigenvalue weighted by atomic mass is 31.2. The standard InChI is InChI=1S/C20H25N2O6P/c1-3-14-27-29(26,28-15-4-2)20(16-10-6-5-7-11-16)21-19(23)17-12-8-9-13-18(17)22(24)25/h5-13,20H,3-4,14-15H2,1-2H3,(H,21,23). The average Bonchev–Trinajstić information content (AvgIpc) is 2.75. The van der Waals surface area contributed by atoms with Gasteiger partial charge in [-0.3, -0.25) is 19.5 Å². The predicted octanol–water partition coefficient (Wildman–Crippen LogP) is 5.07. The number of para-hydroxylation sites is 1. The van der Waals surface area contributed by atoms with E-state index < -0.39 is 24.2 Å². The molecule has 0 saturated heterocycles. The van der Waals surface area contributed by atoms with Crippen LogP contribution in [-0.4, -0.2) is 24.0 Å². The summed E-state index contributed by atoms with van der Waals surface area (Å²) in [5.41, 5.74) is 0.0570. The van der Waals surface area contributed by atoms with Gasteiger partial charge in [-0.2, -0.15) is 0 Å². The summed E-state index contributed by atoms with van der Waals surface area (Å²) in [5, 5.41) is 13.9. The van der Waals surface area contributed by atoms with Crippen molar-refractivity contribution >= 4 is 19.2 Å². The molecule has 29 heavy (non-hydrogen) atoms. The first kappa shape index (κ1) is 22.7. The van der Waals surface area contributed by atoms with E-state index in [0.717, 1.165) is 0 Å². The zero-order valence-electron chi connectivity index (χ0n) is 16.4. The van der Waals surface area contributed by atoms with Crippen LogP contribution >= 0.6 is 7.60 Å². The minimum atomic E-state index is -3.80. The number of hydrogen-bond acceptors (Lipinski definition) is 6. The van der Waals surface area contributed by atoms with Gasteiger partial charge in [0.1, 0.15) is 5.56 Å². The van der Waals surface area contributed by atoms with Gasteiger partial charge in [0.25, 0.3) is 11.6 Å². The molecule has 0 fully saturated rings. The third kappa shape index (κ3) is 5.97. The van der Waals surface area contributed by atoms with E-state index in [1.165, 1.54) is 24.3 Å². The van der Waals surface area contributed by atoms with E-state index in [4.69, 9.17) is 9.05 Å². The Morgan fingerprint density at radius 1 is 1.03 bits per heavy atom. The fourth-order valence-electron chi connectivity index (χ4n) is 2.63. The highest BCUT2D eigenvalue weighted by Gasteiger charge is 2.39. The summed E-state index contributed by atoms with van der Waals surface area (Å²) in [7, 11) is -3.80. The summed E-state index contributed by atoms with van der Waals surface area (Å²) in [6.07, 6.45) is 1.22. The number of nitro groups is 1. The van der Waals surface area contributed by atoms with E-state index in [2.05, 4.69) is 5.32 Å². The van der Waals surface area contributed by atoms with Gasteiger partial charge >= 0.3 is 7.60 Å². The SMILES string of the molecule is CCCOP(=O)(OCCC)C(NC(=O)c1ccccc1[N+](=O)[O-])c1ccccc1. The molecular formula is C20H25N2O6P. The lowest BCUT2D eigenvalue weighted by molar-refractivity contribution is -0.385. The largest absolute Gasteiger partial charge is 0.357 e. The van der Waals surface area contributed by atoms with Gasteiger partial charge in [0.05, 0.1) is 18.1 Å². The second-order valence-electron chi connectivity index (χ2n) is 6.27. The molecule has 0 saturated carbocycles. The lowest BCUT2D eigenvalue weighted by atomic mass is 10.1. The molecule has 0 aliphatic carbocycles. The van der Waals surface area contributed by atoms with Crippen molar-refractivity contribution in [2.75, 3.05) is 13.2 Å². The first-order valence-corrected chi connectivity index (χ1v) is 11.0. The summed E-state index contributed by atoms with van der Waals surface area (Å²) in [4.78, 5) is 23.6. The lowest BCUT2D eigenvalue weighted by Crippen LogP contribution is -2.30. The number of nitro benzene ring substituents is 1. The smallest absolute Gasteiger partial charge is 0.334 e. The maximum Gasteiger partial charge on any atom is 0.357 e. The maximum absolute atomic E-state index is 13.6. The molecule has 0 aromatic heterocycles. The van der Waals surface area contributed by atoms with Crippen LogP contribution in [-0.2, 0) is 13.6 Å². The number of carbonyl (C=O) groups is 1. The Morgan fingerprint density at radius 2 is 1.59 bits per heavy atom. The molecule has 0 aliphatic rings. The molecule has 0 aliphatic heterocycles. The minimum absolute atomic E-state index is 0.129. The molecule has 156 valence electrons. The number of amides is 1. The molecule has 2 aromatic carbocycles. The van der Waals surface area contributed by atoms with Gasteiger partial charge in [-0.1, -0.05) is 56.3 Å². The number of carbonyl (C=O) groups excluding carboxylic acids is 1. The van der Waals surface area contributed by atoms with Crippen LogP contribution in [0.15, 0.2) is 54.6 Å². The van der Waals surface area contributed by atoms with E-state index >= 15 is 0 Å². The highest BCUT2D eigenvalue weighted by molar-refractivity contribution is 7.54. The Bertz CT molecular complexity index is 862. The molecule has 1 atom stereocenters. The second kappa shape index (κ2) is 10.9. The van der Waals surface area contributed by atoms with Crippen LogP contribution < -0.4 is 5.32 Å². The van der Waals surface area contributed by atoms with Crippen LogP contribution in [0.3, 0.4) is 0 Å². The Hall–Kier alpha value is -2.54. The minimum Gasteiger partial charge on any atom is -0.334 e. The Balaban J connectivity index is 2.44. The van der Waals surface area contributed by atoms with Gasteiger partial charge in [0, 0.05) is 6.07 Å². The zero-order chi connectivity index (χ0) is 21.3. The van der Waals surface area contributed by atoms with Gasteiger partial charge in [-0.25, -0.2) is 0 Å². The molecule has 2 aromatic rings. The summed E-state index contributed by atoms with van der Waals surface area (Å²) in [6.45, 7) is 4.11. The van der Waals surface area contributed by atoms with E-state index in [1.807, 2.05) is 13.8 Å². The predicted molar refractivity (Wildman–Crippen MR) is 110 cm³/mol. The molecule has 1 unspecified atom stereocenters. The van der Waals surface area contributed by atoms with Gasteiger partial charge in [0.15, 0.2) is 5.78 Å². The summed E-state index contributed by atoms with van der Waals surface area (Å²) < 4.78 is 24.8. The summed E-state index contributed by atoms with van der Waals surface area (Å²) in [6, 6.07) is 14.3. The van der Waals surface area contributed by atoms with Crippen molar-refractivity contribution in [3.63, 3.8) is 0 Å². The fraction of sp³-hybridized carbons (Fsp3) is 0.350. The number of rotatable bonds is 11. The first-order valence-electron chi connectivity index (χ1n) is 9.41. The number of nitrogens with one attached hydrogen (secondary N) is 1. The molecule has 0 spiro atoms. The molecular weight excluding hydrogens is 395 g/mol. The zero-order valence-corrected chi connectivity index (χ0v) is 17.3. The lowest BCUT2D eigenvalue weighted by Gasteiger charge is -2.28. The van der Waals surface area contributed by atoms with Crippen LogP contribution in [0, 0.1) is 10.1 Å². The molecule has 0 heterocycles. The van der Waals surface area contributed by atoms with Crippen LogP contribution in [0.2, 0.25) is 0 Å². The summed E-state index contributed by atoms with van der Waals surface area (Å²) in [5.74, 6) is -1.83. The molecule has 8 nitrogen and oxygen atoms in total. The Kier molecular flexibility index (Phi) is 8.51. The van der Waals surface area contributed by atoms with Crippen LogP contribution in [0.1, 0.15) is 48.4 Å². The van der Waals surface area contributed by atoms with Gasteiger partial charge in [-0.15, -0.1) is 0 Å². The van der Waals surface area contributed by atoms with Crippen LogP contribution in [0.4, 0.5) is 5.69 Å². The number of nitrogens with zero attached hydrogens (tertiary/aromatic N) is 1.